The number of hydrogen-bond acceptors (Lipinski definition) is 4. The first-order valence-electron chi connectivity index (χ1n) is 7.23. The van der Waals surface area contributed by atoms with Crippen molar-refractivity contribution in [2.75, 3.05) is 11.9 Å². The fraction of sp³-hybridized carbons (Fsp3) is 0.375. The fourth-order valence-corrected chi connectivity index (χ4v) is 2.16. The Morgan fingerprint density at radius 1 is 1.10 bits per heavy atom. The first kappa shape index (κ1) is 15.3. The molecule has 0 radical (unpaired) electrons. The predicted octanol–water partition coefficient (Wildman–Crippen LogP) is 2.64. The lowest BCUT2D eigenvalue weighted by Gasteiger charge is -2.06. The average molecular weight is 288 g/mol. The zero-order valence-corrected chi connectivity index (χ0v) is 11.9. The van der Waals surface area contributed by atoms with Gasteiger partial charge in [0.05, 0.1) is 0 Å². The zero-order chi connectivity index (χ0) is 15.1. The van der Waals surface area contributed by atoms with Crippen molar-refractivity contribution in [2.45, 2.75) is 32.1 Å². The van der Waals surface area contributed by atoms with Crippen LogP contribution in [-0.4, -0.2) is 12.5 Å². The van der Waals surface area contributed by atoms with Crippen LogP contribution in [0.3, 0.4) is 0 Å². The number of unbranched alkanes of at least 4 members (excludes halogenated alkanes) is 3. The number of anilines is 1. The van der Waals surface area contributed by atoms with Crippen LogP contribution in [0, 0.1) is 0 Å². The molecule has 0 saturated heterocycles. The minimum Gasteiger partial charge on any atom is -0.423 e. The normalized spacial score (nSPS) is 10.7. The van der Waals surface area contributed by atoms with Crippen LogP contribution in [0.1, 0.15) is 32.1 Å². The maximum atomic E-state index is 11.8. The Morgan fingerprint density at radius 3 is 2.71 bits per heavy atom. The molecule has 0 aliphatic carbocycles. The third-order valence-electron chi connectivity index (χ3n) is 3.26. The molecule has 5 heteroatoms. The molecule has 0 fully saturated rings. The van der Waals surface area contributed by atoms with Gasteiger partial charge < -0.3 is 15.5 Å². The highest BCUT2D eigenvalue weighted by Gasteiger charge is 2.04. The van der Waals surface area contributed by atoms with Crippen molar-refractivity contribution >= 4 is 22.6 Å². The third kappa shape index (κ3) is 4.72. The average Bonchev–Trinajstić information content (AvgIpc) is 2.47. The second-order valence-corrected chi connectivity index (χ2v) is 5.01. The molecule has 0 aliphatic heterocycles. The van der Waals surface area contributed by atoms with Gasteiger partial charge in [-0.05, 0) is 43.7 Å². The summed E-state index contributed by atoms with van der Waals surface area (Å²) in [5.41, 5.74) is 6.27. The Morgan fingerprint density at radius 2 is 1.90 bits per heavy atom. The van der Waals surface area contributed by atoms with E-state index in [0.29, 0.717) is 24.2 Å². The molecule has 0 saturated carbocycles. The number of carbonyl (C=O) groups excluding carboxylic acids is 1. The Kier molecular flexibility index (Phi) is 5.51. The Labute approximate surface area is 123 Å². The highest BCUT2D eigenvalue weighted by Crippen LogP contribution is 2.18. The lowest BCUT2D eigenvalue weighted by molar-refractivity contribution is -0.116. The lowest BCUT2D eigenvalue weighted by atomic mass is 10.1. The van der Waals surface area contributed by atoms with Crippen LogP contribution in [0.5, 0.6) is 0 Å². The molecule has 1 amide bonds. The van der Waals surface area contributed by atoms with Crippen molar-refractivity contribution in [3.63, 3.8) is 0 Å². The third-order valence-corrected chi connectivity index (χ3v) is 3.26. The van der Waals surface area contributed by atoms with Gasteiger partial charge in [0.25, 0.3) is 0 Å². The van der Waals surface area contributed by atoms with Gasteiger partial charge in [-0.2, -0.15) is 0 Å². The van der Waals surface area contributed by atoms with Crippen LogP contribution in [0.4, 0.5) is 5.69 Å². The Hall–Kier alpha value is -2.14. The predicted molar refractivity (Wildman–Crippen MR) is 83.3 cm³/mol. The largest absolute Gasteiger partial charge is 0.423 e. The molecule has 3 N–H and O–H groups in total. The minimum atomic E-state index is -0.378. The first-order chi connectivity index (χ1) is 10.2. The first-order valence-corrected chi connectivity index (χ1v) is 7.23. The van der Waals surface area contributed by atoms with Crippen LogP contribution in [-0.2, 0) is 4.79 Å². The summed E-state index contributed by atoms with van der Waals surface area (Å²) in [7, 11) is 0. The van der Waals surface area contributed by atoms with Gasteiger partial charge >= 0.3 is 5.63 Å². The number of nitrogens with two attached hydrogens (primary N) is 1. The van der Waals surface area contributed by atoms with E-state index in [1.54, 1.807) is 24.3 Å². The topological polar surface area (TPSA) is 85.3 Å². The van der Waals surface area contributed by atoms with Crippen molar-refractivity contribution in [2.24, 2.45) is 5.73 Å². The molecule has 1 aromatic heterocycles. The van der Waals surface area contributed by atoms with Gasteiger partial charge in [0.2, 0.25) is 5.91 Å². The Bertz CT molecular complexity index is 664. The van der Waals surface area contributed by atoms with Crippen molar-refractivity contribution < 1.29 is 9.21 Å². The summed E-state index contributed by atoms with van der Waals surface area (Å²) in [5, 5.41) is 3.64. The Balaban J connectivity index is 1.89. The SMILES string of the molecule is NCCCCCCC(=O)Nc1ccc2oc(=O)ccc2c1. The fourth-order valence-electron chi connectivity index (χ4n) is 2.16. The van der Waals surface area contributed by atoms with Crippen molar-refractivity contribution in [1.29, 1.82) is 0 Å². The molecule has 0 bridgehead atoms. The molecule has 21 heavy (non-hydrogen) atoms. The van der Waals surface area contributed by atoms with Crippen molar-refractivity contribution in [3.05, 3.63) is 40.8 Å². The van der Waals surface area contributed by atoms with E-state index in [-0.39, 0.29) is 11.5 Å². The summed E-state index contributed by atoms with van der Waals surface area (Å²) in [6.07, 6.45) is 4.48. The minimum absolute atomic E-state index is 0.000479. The molecule has 1 aromatic carbocycles. The summed E-state index contributed by atoms with van der Waals surface area (Å²) in [6, 6.07) is 8.27. The summed E-state index contributed by atoms with van der Waals surface area (Å²) < 4.78 is 5.05. The summed E-state index contributed by atoms with van der Waals surface area (Å²) in [5.74, 6) is -0.000479. The van der Waals surface area contributed by atoms with E-state index in [1.165, 1.54) is 6.07 Å². The van der Waals surface area contributed by atoms with E-state index in [4.69, 9.17) is 10.2 Å². The number of hydrogen-bond donors (Lipinski definition) is 2. The highest BCUT2D eigenvalue weighted by atomic mass is 16.4. The molecule has 2 rings (SSSR count). The van der Waals surface area contributed by atoms with Crippen LogP contribution >= 0.6 is 0 Å². The molecule has 112 valence electrons. The summed E-state index contributed by atoms with van der Waals surface area (Å²) in [6.45, 7) is 0.708. The second-order valence-electron chi connectivity index (χ2n) is 5.01. The summed E-state index contributed by atoms with van der Waals surface area (Å²) >= 11 is 0. The highest BCUT2D eigenvalue weighted by molar-refractivity contribution is 5.93. The van der Waals surface area contributed by atoms with E-state index < -0.39 is 0 Å². The monoisotopic (exact) mass is 288 g/mol. The van der Waals surface area contributed by atoms with Crippen LogP contribution in [0.25, 0.3) is 11.0 Å². The molecule has 0 atom stereocenters. The molecule has 5 nitrogen and oxygen atoms in total. The van der Waals surface area contributed by atoms with Gasteiger partial charge in [0.15, 0.2) is 0 Å². The maximum absolute atomic E-state index is 11.8. The smallest absolute Gasteiger partial charge is 0.336 e. The van der Waals surface area contributed by atoms with Crippen LogP contribution in [0.15, 0.2) is 39.5 Å². The van der Waals surface area contributed by atoms with Gasteiger partial charge in [0.1, 0.15) is 5.58 Å². The van der Waals surface area contributed by atoms with Crippen molar-refractivity contribution in [3.8, 4) is 0 Å². The number of fused-ring (bicyclic) bond motifs is 1. The molecular formula is C16H20N2O3. The lowest BCUT2D eigenvalue weighted by Crippen LogP contribution is -2.11. The zero-order valence-electron chi connectivity index (χ0n) is 11.9. The van der Waals surface area contributed by atoms with E-state index in [1.807, 2.05) is 0 Å². The maximum Gasteiger partial charge on any atom is 0.336 e. The summed E-state index contributed by atoms with van der Waals surface area (Å²) in [4.78, 5) is 22.9. The molecule has 1 heterocycles. The van der Waals surface area contributed by atoms with Crippen LogP contribution in [0.2, 0.25) is 0 Å². The van der Waals surface area contributed by atoms with Crippen molar-refractivity contribution in [1.82, 2.24) is 0 Å². The van der Waals surface area contributed by atoms with Gasteiger partial charge in [-0.1, -0.05) is 12.8 Å². The standard InChI is InChI=1S/C16H20N2O3/c17-10-4-2-1-3-5-15(19)18-13-7-8-14-12(11-13)6-9-16(20)21-14/h6-9,11H,1-5,10,17H2,(H,18,19). The number of amides is 1. The molecule has 0 unspecified atom stereocenters. The van der Waals surface area contributed by atoms with E-state index in [0.717, 1.165) is 31.1 Å². The molecule has 2 aromatic rings. The molecular weight excluding hydrogens is 268 g/mol. The number of rotatable bonds is 7. The van der Waals surface area contributed by atoms with E-state index >= 15 is 0 Å². The number of nitrogens with one attached hydrogen (secondary N) is 1. The van der Waals surface area contributed by atoms with E-state index in [9.17, 15) is 9.59 Å². The van der Waals surface area contributed by atoms with Crippen LogP contribution < -0.4 is 16.7 Å². The molecule has 0 spiro atoms. The van der Waals surface area contributed by atoms with Gasteiger partial charge in [-0.3, -0.25) is 4.79 Å². The second kappa shape index (κ2) is 7.59. The number of benzene rings is 1. The quantitative estimate of drug-likeness (QED) is 0.606. The molecule has 0 aliphatic rings. The van der Waals surface area contributed by atoms with Gasteiger partial charge in [0, 0.05) is 23.6 Å². The van der Waals surface area contributed by atoms with E-state index in [2.05, 4.69) is 5.32 Å². The van der Waals surface area contributed by atoms with Gasteiger partial charge in [-0.15, -0.1) is 0 Å². The van der Waals surface area contributed by atoms with Gasteiger partial charge in [-0.25, -0.2) is 4.79 Å². The number of carbonyl (C=O) groups is 1.